The number of carboxylic acids is 1. The lowest BCUT2D eigenvalue weighted by Crippen LogP contribution is -2.49. The molecule has 0 bridgehead atoms. The molecule has 0 spiro atoms. The van der Waals surface area contributed by atoms with Gasteiger partial charge in [0.15, 0.2) is 9.84 Å². The lowest BCUT2D eigenvalue weighted by molar-refractivity contribution is -0.384. The normalized spacial score (nSPS) is 16.1. The van der Waals surface area contributed by atoms with E-state index in [0.717, 1.165) is 0 Å². The van der Waals surface area contributed by atoms with Gasteiger partial charge in [0.05, 0.1) is 31.5 Å². The average molecular weight is 557 g/mol. The molecule has 11 nitrogen and oxygen atoms in total. The number of amides is 2. The number of carboxylic acid groups (broad SMARTS) is 1. The number of benzene rings is 2. The van der Waals surface area contributed by atoms with Crippen LogP contribution in [0.5, 0.6) is 0 Å². The molecule has 0 radical (unpaired) electrons. The molecule has 0 fully saturated rings. The number of allylic oxidation sites excluding steroid dienone is 1. The second-order valence-electron chi connectivity index (χ2n) is 7.89. The second kappa shape index (κ2) is 11.2. The van der Waals surface area contributed by atoms with E-state index >= 15 is 0 Å². The molecule has 0 saturated carbocycles. The summed E-state index contributed by atoms with van der Waals surface area (Å²) in [7, 11) is -3.79. The Bertz CT molecular complexity index is 1350. The van der Waals surface area contributed by atoms with Crippen LogP contribution in [0, 0.1) is 10.1 Å². The molecule has 1 unspecified atom stereocenters. The van der Waals surface area contributed by atoms with Crippen LogP contribution >= 0.6 is 23.2 Å². The second-order valence-corrected chi connectivity index (χ2v) is 10.6. The number of hydrogen-bond acceptors (Lipinski definition) is 7. The van der Waals surface area contributed by atoms with Crippen LogP contribution in [0.2, 0.25) is 10.0 Å². The topological polar surface area (TPSA) is 159 Å². The first kappa shape index (κ1) is 27.4. The number of hydrogen-bond donors (Lipinski definition) is 3. The van der Waals surface area contributed by atoms with Crippen molar-refractivity contribution in [1.82, 2.24) is 15.5 Å². The van der Waals surface area contributed by atoms with Crippen LogP contribution in [0.25, 0.3) is 0 Å². The van der Waals surface area contributed by atoms with E-state index in [2.05, 4.69) is 10.6 Å². The van der Waals surface area contributed by atoms with Crippen molar-refractivity contribution in [2.45, 2.75) is 24.3 Å². The molecule has 3 rings (SSSR count). The van der Waals surface area contributed by atoms with Gasteiger partial charge < -0.3 is 20.6 Å². The van der Waals surface area contributed by atoms with Crippen molar-refractivity contribution in [2.24, 2.45) is 0 Å². The number of halogens is 2. The highest BCUT2D eigenvalue weighted by Gasteiger charge is 2.38. The van der Waals surface area contributed by atoms with E-state index in [1.165, 1.54) is 54.3 Å². The molecule has 14 heteroatoms. The number of nitrogens with zero attached hydrogens (tertiary/aromatic N) is 2. The minimum Gasteiger partial charge on any atom is -0.478 e. The molecule has 2 aromatic rings. The number of nitro groups is 1. The molecule has 1 atom stereocenters. The summed E-state index contributed by atoms with van der Waals surface area (Å²) in [4.78, 5) is 36.6. The van der Waals surface area contributed by atoms with Crippen molar-refractivity contribution >= 4 is 50.7 Å². The summed E-state index contributed by atoms with van der Waals surface area (Å²) in [6.45, 7) is 1.64. The summed E-state index contributed by atoms with van der Waals surface area (Å²) < 4.78 is 25.2. The number of rotatable bonds is 10. The zero-order chi connectivity index (χ0) is 26.6. The fraction of sp³-hybridized carbons (Fsp3) is 0.273. The molecule has 0 aromatic heterocycles. The van der Waals surface area contributed by atoms with Gasteiger partial charge in [-0.2, -0.15) is 0 Å². The zero-order valence-electron chi connectivity index (χ0n) is 18.9. The fourth-order valence-corrected chi connectivity index (χ4v) is 5.77. The lowest BCUT2D eigenvalue weighted by atomic mass is 9.93. The van der Waals surface area contributed by atoms with Gasteiger partial charge in [0.2, 0.25) is 0 Å². The van der Waals surface area contributed by atoms with Gasteiger partial charge in [-0.3, -0.25) is 10.1 Å². The van der Waals surface area contributed by atoms with Gasteiger partial charge in [-0.05, 0) is 37.6 Å². The summed E-state index contributed by atoms with van der Waals surface area (Å²) >= 11 is 11.9. The number of carbonyl (C=O) groups is 2. The first-order valence-electron chi connectivity index (χ1n) is 10.6. The summed E-state index contributed by atoms with van der Waals surface area (Å²) in [5, 5.41) is 26.4. The molecule has 1 heterocycles. The molecule has 36 heavy (non-hydrogen) atoms. The Labute approximate surface area is 216 Å². The minimum absolute atomic E-state index is 0.0359. The highest BCUT2D eigenvalue weighted by atomic mass is 35.5. The van der Waals surface area contributed by atoms with E-state index in [1.807, 2.05) is 0 Å². The Morgan fingerprint density at radius 2 is 1.94 bits per heavy atom. The van der Waals surface area contributed by atoms with E-state index in [0.29, 0.717) is 0 Å². The number of urea groups is 1. The third-order valence-corrected chi connectivity index (χ3v) is 7.99. The van der Waals surface area contributed by atoms with Crippen LogP contribution in [0.3, 0.4) is 0 Å². The highest BCUT2D eigenvalue weighted by Crippen LogP contribution is 2.35. The highest BCUT2D eigenvalue weighted by molar-refractivity contribution is 7.91. The molecular weight excluding hydrogens is 535 g/mol. The van der Waals surface area contributed by atoms with Crippen LogP contribution in [0.15, 0.2) is 58.6 Å². The largest absolute Gasteiger partial charge is 0.478 e. The van der Waals surface area contributed by atoms with Crippen LogP contribution < -0.4 is 10.6 Å². The van der Waals surface area contributed by atoms with E-state index in [1.54, 1.807) is 0 Å². The van der Waals surface area contributed by atoms with E-state index < -0.39 is 38.7 Å². The monoisotopic (exact) mass is 556 g/mol. The molecule has 0 aliphatic carbocycles. The lowest BCUT2D eigenvalue weighted by Gasteiger charge is -2.37. The Morgan fingerprint density at radius 1 is 1.25 bits per heavy atom. The smallest absolute Gasteiger partial charge is 0.335 e. The maximum Gasteiger partial charge on any atom is 0.335 e. The molecular formula is C22H22Cl2N4O7S. The molecule has 2 amide bonds. The molecule has 192 valence electrons. The van der Waals surface area contributed by atoms with Crippen LogP contribution in [-0.4, -0.2) is 54.3 Å². The van der Waals surface area contributed by atoms with Crippen molar-refractivity contribution in [3.05, 3.63) is 79.5 Å². The van der Waals surface area contributed by atoms with Gasteiger partial charge in [0.25, 0.3) is 5.69 Å². The van der Waals surface area contributed by atoms with Gasteiger partial charge in [-0.25, -0.2) is 18.0 Å². The molecule has 0 saturated heterocycles. The Kier molecular flexibility index (Phi) is 8.56. The first-order valence-corrected chi connectivity index (χ1v) is 13.0. The van der Waals surface area contributed by atoms with Crippen LogP contribution in [0.1, 0.15) is 24.9 Å². The standard InChI is InChI=1S/C22H22Cl2N4O7S/c1-13-18(21(29)30)20(14-5-2-6-15(11-14)28(32)33)27(22(31)26-13)10-4-9-25-12-36(34,35)17-8-3-7-16(23)19(17)24/h2-3,5-8,11,20,25H,4,9-10,12H2,1H3,(H,26,31)(H,29,30). The Morgan fingerprint density at radius 3 is 2.61 bits per heavy atom. The summed E-state index contributed by atoms with van der Waals surface area (Å²) in [6, 6.07) is 8.06. The minimum atomic E-state index is -3.79. The van der Waals surface area contributed by atoms with Crippen molar-refractivity contribution < 1.29 is 28.0 Å². The van der Waals surface area contributed by atoms with Crippen molar-refractivity contribution in [3.8, 4) is 0 Å². The summed E-state index contributed by atoms with van der Waals surface area (Å²) in [5.41, 5.74) is 0.0263. The van der Waals surface area contributed by atoms with Crippen LogP contribution in [0.4, 0.5) is 10.5 Å². The Balaban J connectivity index is 1.75. The van der Waals surface area contributed by atoms with Gasteiger partial charge >= 0.3 is 12.0 Å². The predicted octanol–water partition coefficient (Wildman–Crippen LogP) is 3.74. The quantitative estimate of drug-likeness (QED) is 0.226. The number of nitrogens with one attached hydrogen (secondary N) is 2. The van der Waals surface area contributed by atoms with Crippen molar-refractivity contribution in [2.75, 3.05) is 19.0 Å². The number of nitro benzene ring substituents is 1. The van der Waals surface area contributed by atoms with Crippen molar-refractivity contribution in [1.29, 1.82) is 0 Å². The molecule has 3 N–H and O–H groups in total. The molecule has 2 aromatic carbocycles. The first-order chi connectivity index (χ1) is 16.9. The maximum absolute atomic E-state index is 12.8. The zero-order valence-corrected chi connectivity index (χ0v) is 21.2. The Hall–Kier alpha value is -3.19. The number of non-ortho nitro benzene ring substituents is 1. The number of sulfone groups is 1. The predicted molar refractivity (Wildman–Crippen MR) is 133 cm³/mol. The summed E-state index contributed by atoms with van der Waals surface area (Å²) in [6.07, 6.45) is 0.254. The number of aliphatic carboxylic acids is 1. The van der Waals surface area contributed by atoms with E-state index in [9.17, 15) is 33.2 Å². The molecule has 1 aliphatic heterocycles. The molecule has 1 aliphatic rings. The van der Waals surface area contributed by atoms with Gasteiger partial charge in [-0.1, -0.05) is 41.4 Å². The van der Waals surface area contributed by atoms with Gasteiger partial charge in [0, 0.05) is 24.4 Å². The van der Waals surface area contributed by atoms with Gasteiger partial charge in [-0.15, -0.1) is 0 Å². The van der Waals surface area contributed by atoms with E-state index in [-0.39, 0.29) is 57.0 Å². The fourth-order valence-electron chi connectivity index (χ4n) is 3.82. The van der Waals surface area contributed by atoms with Crippen molar-refractivity contribution in [3.63, 3.8) is 0 Å². The maximum atomic E-state index is 12.8. The van der Waals surface area contributed by atoms with Gasteiger partial charge in [0.1, 0.15) is 5.88 Å². The summed E-state index contributed by atoms with van der Waals surface area (Å²) in [5.74, 6) is -1.72. The third-order valence-electron chi connectivity index (χ3n) is 5.47. The SMILES string of the molecule is CC1=C(C(=O)O)C(c2cccc([N+](=O)[O-])c2)N(CCCNCS(=O)(=O)c2cccc(Cl)c2Cl)C(=O)N1. The third kappa shape index (κ3) is 5.95. The van der Waals surface area contributed by atoms with Crippen LogP contribution in [-0.2, 0) is 14.6 Å². The van der Waals surface area contributed by atoms with E-state index in [4.69, 9.17) is 23.2 Å². The average Bonchev–Trinajstić information content (AvgIpc) is 2.81. The number of carbonyl (C=O) groups excluding carboxylic acids is 1.